The molecule has 6 heteroatoms. The van der Waals surface area contributed by atoms with Crippen LogP contribution in [0.15, 0.2) is 59.3 Å². The molecule has 3 rings (SSSR count). The van der Waals surface area contributed by atoms with E-state index >= 15 is 0 Å². The number of carbonyl (C=O) groups excluding carboxylic acids is 2. The lowest BCUT2D eigenvalue weighted by molar-refractivity contribution is 0.0948. The fraction of sp³-hybridized carbons (Fsp3) is 0.150. The molecule has 3 aromatic rings. The SMILES string of the molecule is Cc1ccc(NC(=O)c2cc(C(=O)NCc3ccco3)ccn2)c(C)c1. The van der Waals surface area contributed by atoms with E-state index in [0.717, 1.165) is 16.8 Å². The van der Waals surface area contributed by atoms with Crippen molar-refractivity contribution in [3.05, 3.63) is 83.1 Å². The highest BCUT2D eigenvalue weighted by Crippen LogP contribution is 2.17. The molecule has 0 saturated heterocycles. The predicted octanol–water partition coefficient (Wildman–Crippen LogP) is 3.47. The van der Waals surface area contributed by atoms with Crippen LogP contribution in [0.4, 0.5) is 5.69 Å². The Morgan fingerprint density at radius 1 is 1.08 bits per heavy atom. The second-order valence-corrected chi connectivity index (χ2v) is 5.96. The summed E-state index contributed by atoms with van der Waals surface area (Å²) >= 11 is 0. The zero-order chi connectivity index (χ0) is 18.5. The summed E-state index contributed by atoms with van der Waals surface area (Å²) in [6.45, 7) is 4.19. The quantitative estimate of drug-likeness (QED) is 0.739. The number of nitrogens with zero attached hydrogens (tertiary/aromatic N) is 1. The van der Waals surface area contributed by atoms with Crippen LogP contribution in [0.5, 0.6) is 0 Å². The van der Waals surface area contributed by atoms with Crippen LogP contribution in [-0.2, 0) is 6.54 Å². The molecule has 0 spiro atoms. The summed E-state index contributed by atoms with van der Waals surface area (Å²) in [5.74, 6) is -0.0118. The maximum atomic E-state index is 12.5. The second-order valence-electron chi connectivity index (χ2n) is 5.96. The lowest BCUT2D eigenvalue weighted by atomic mass is 10.1. The van der Waals surface area contributed by atoms with Crippen molar-refractivity contribution in [2.24, 2.45) is 0 Å². The highest BCUT2D eigenvalue weighted by molar-refractivity contribution is 6.05. The Morgan fingerprint density at radius 2 is 1.92 bits per heavy atom. The Balaban J connectivity index is 1.69. The van der Waals surface area contributed by atoms with Gasteiger partial charge in [-0.25, -0.2) is 0 Å². The van der Waals surface area contributed by atoms with Crippen molar-refractivity contribution in [3.63, 3.8) is 0 Å². The van der Waals surface area contributed by atoms with E-state index in [2.05, 4.69) is 15.6 Å². The fourth-order valence-electron chi connectivity index (χ4n) is 2.52. The van der Waals surface area contributed by atoms with Crippen LogP contribution in [0.2, 0.25) is 0 Å². The second kappa shape index (κ2) is 7.65. The number of benzene rings is 1. The first kappa shape index (κ1) is 17.4. The number of amides is 2. The summed E-state index contributed by atoms with van der Waals surface area (Å²) in [4.78, 5) is 28.8. The van der Waals surface area contributed by atoms with E-state index < -0.39 is 0 Å². The average Bonchev–Trinajstić information content (AvgIpc) is 3.15. The van der Waals surface area contributed by atoms with Gasteiger partial charge in [-0.3, -0.25) is 14.6 Å². The monoisotopic (exact) mass is 349 g/mol. The van der Waals surface area contributed by atoms with Crippen molar-refractivity contribution in [3.8, 4) is 0 Å². The number of carbonyl (C=O) groups is 2. The number of aromatic nitrogens is 1. The van der Waals surface area contributed by atoms with Gasteiger partial charge in [0.15, 0.2) is 0 Å². The molecule has 0 aliphatic rings. The molecule has 1 aromatic carbocycles. The summed E-state index contributed by atoms with van der Waals surface area (Å²) < 4.78 is 5.18. The summed E-state index contributed by atoms with van der Waals surface area (Å²) in [6, 6.07) is 12.3. The molecule has 2 heterocycles. The molecule has 0 aliphatic carbocycles. The normalized spacial score (nSPS) is 10.4. The maximum absolute atomic E-state index is 12.5. The van der Waals surface area contributed by atoms with Crippen LogP contribution in [0.25, 0.3) is 0 Å². The Hall–Kier alpha value is -3.41. The third-order valence-corrected chi connectivity index (χ3v) is 3.89. The summed E-state index contributed by atoms with van der Waals surface area (Å²) in [5, 5.41) is 5.57. The number of hydrogen-bond acceptors (Lipinski definition) is 4. The maximum Gasteiger partial charge on any atom is 0.274 e. The van der Waals surface area contributed by atoms with Crippen molar-refractivity contribution in [2.45, 2.75) is 20.4 Å². The van der Waals surface area contributed by atoms with E-state index in [1.807, 2.05) is 32.0 Å². The first-order valence-electron chi connectivity index (χ1n) is 8.18. The molecule has 26 heavy (non-hydrogen) atoms. The molecule has 0 fully saturated rings. The Morgan fingerprint density at radius 3 is 2.65 bits per heavy atom. The number of hydrogen-bond donors (Lipinski definition) is 2. The van der Waals surface area contributed by atoms with E-state index in [0.29, 0.717) is 11.3 Å². The number of aryl methyl sites for hydroxylation is 2. The van der Waals surface area contributed by atoms with Gasteiger partial charge in [0, 0.05) is 17.4 Å². The number of furan rings is 1. The minimum Gasteiger partial charge on any atom is -0.467 e. The van der Waals surface area contributed by atoms with Gasteiger partial charge in [0.1, 0.15) is 11.5 Å². The molecule has 2 N–H and O–H groups in total. The van der Waals surface area contributed by atoms with Gasteiger partial charge in [-0.05, 0) is 49.7 Å². The van der Waals surface area contributed by atoms with Gasteiger partial charge in [0.05, 0.1) is 12.8 Å². The van der Waals surface area contributed by atoms with Crippen LogP contribution >= 0.6 is 0 Å². The Kier molecular flexibility index (Phi) is 5.12. The van der Waals surface area contributed by atoms with Crippen molar-refractivity contribution in [1.82, 2.24) is 10.3 Å². The third kappa shape index (κ3) is 4.16. The van der Waals surface area contributed by atoms with Gasteiger partial charge >= 0.3 is 0 Å². The number of anilines is 1. The third-order valence-electron chi connectivity index (χ3n) is 3.89. The predicted molar refractivity (Wildman–Crippen MR) is 98.0 cm³/mol. The lowest BCUT2D eigenvalue weighted by Gasteiger charge is -2.09. The number of rotatable bonds is 5. The van der Waals surface area contributed by atoms with Gasteiger partial charge in [-0.1, -0.05) is 17.7 Å². The highest BCUT2D eigenvalue weighted by atomic mass is 16.3. The summed E-state index contributed by atoms with van der Waals surface area (Å²) in [6.07, 6.45) is 2.99. The number of nitrogens with one attached hydrogen (secondary N) is 2. The minimum absolute atomic E-state index is 0.177. The van der Waals surface area contributed by atoms with E-state index in [-0.39, 0.29) is 24.1 Å². The molecule has 0 aliphatic heterocycles. The van der Waals surface area contributed by atoms with Gasteiger partial charge < -0.3 is 15.1 Å². The smallest absolute Gasteiger partial charge is 0.274 e. The zero-order valence-electron chi connectivity index (χ0n) is 14.6. The molecule has 2 aromatic heterocycles. The molecule has 6 nitrogen and oxygen atoms in total. The first-order valence-corrected chi connectivity index (χ1v) is 8.18. The summed E-state index contributed by atoms with van der Waals surface area (Å²) in [7, 11) is 0. The van der Waals surface area contributed by atoms with Crippen molar-refractivity contribution in [1.29, 1.82) is 0 Å². The Labute approximate surface area is 151 Å². The van der Waals surface area contributed by atoms with Crippen LogP contribution in [0.3, 0.4) is 0 Å². The molecule has 0 atom stereocenters. The molecule has 0 unspecified atom stereocenters. The van der Waals surface area contributed by atoms with Crippen LogP contribution in [-0.4, -0.2) is 16.8 Å². The van der Waals surface area contributed by atoms with E-state index in [4.69, 9.17) is 4.42 Å². The minimum atomic E-state index is -0.363. The largest absolute Gasteiger partial charge is 0.467 e. The zero-order valence-corrected chi connectivity index (χ0v) is 14.6. The van der Waals surface area contributed by atoms with Crippen LogP contribution < -0.4 is 10.6 Å². The van der Waals surface area contributed by atoms with E-state index in [9.17, 15) is 9.59 Å². The van der Waals surface area contributed by atoms with Gasteiger partial charge in [0.2, 0.25) is 0 Å². The van der Waals surface area contributed by atoms with Gasteiger partial charge in [-0.2, -0.15) is 0 Å². The molecule has 0 bridgehead atoms. The van der Waals surface area contributed by atoms with Crippen molar-refractivity contribution < 1.29 is 14.0 Å². The van der Waals surface area contributed by atoms with Crippen LogP contribution in [0.1, 0.15) is 37.7 Å². The van der Waals surface area contributed by atoms with Crippen molar-refractivity contribution in [2.75, 3.05) is 5.32 Å². The van der Waals surface area contributed by atoms with E-state index in [1.54, 1.807) is 24.5 Å². The molecule has 132 valence electrons. The molecule has 0 saturated carbocycles. The molecule has 2 amide bonds. The van der Waals surface area contributed by atoms with Crippen LogP contribution in [0, 0.1) is 13.8 Å². The molecular weight excluding hydrogens is 330 g/mol. The molecular formula is C20H19N3O3. The number of pyridine rings is 1. The fourth-order valence-corrected chi connectivity index (χ4v) is 2.52. The standard InChI is InChI=1S/C20H19N3O3/c1-13-5-6-17(14(2)10-13)23-20(25)18-11-15(7-8-21-18)19(24)22-12-16-4-3-9-26-16/h3-11H,12H2,1-2H3,(H,22,24)(H,23,25). The topological polar surface area (TPSA) is 84.2 Å². The highest BCUT2D eigenvalue weighted by Gasteiger charge is 2.13. The lowest BCUT2D eigenvalue weighted by Crippen LogP contribution is -2.23. The van der Waals surface area contributed by atoms with Gasteiger partial charge in [-0.15, -0.1) is 0 Å². The first-order chi connectivity index (χ1) is 12.5. The van der Waals surface area contributed by atoms with E-state index in [1.165, 1.54) is 12.3 Å². The Bertz CT molecular complexity index is 933. The van der Waals surface area contributed by atoms with Crippen molar-refractivity contribution >= 4 is 17.5 Å². The van der Waals surface area contributed by atoms with Gasteiger partial charge in [0.25, 0.3) is 11.8 Å². The molecule has 0 radical (unpaired) electrons. The summed E-state index contributed by atoms with van der Waals surface area (Å²) in [5.41, 5.74) is 3.34. The average molecular weight is 349 g/mol.